The molecule has 2 nitrogen and oxygen atoms in total. The molecular formula is C9H6FNO. The molecular weight excluding hydrogens is 157 g/mol. The molecule has 3 heteroatoms. The largest absolute Gasteiger partial charge is 0.297 e. The lowest BCUT2D eigenvalue weighted by molar-refractivity contribution is -0.117. The van der Waals surface area contributed by atoms with Gasteiger partial charge in [0, 0.05) is 0 Å². The Kier molecular flexibility index (Phi) is 1.43. The zero-order valence-corrected chi connectivity index (χ0v) is 6.17. The molecule has 1 amide bonds. The highest BCUT2D eigenvalue weighted by atomic mass is 19.1. The van der Waals surface area contributed by atoms with Gasteiger partial charge in [-0.2, -0.15) is 4.39 Å². The highest BCUT2D eigenvalue weighted by Gasteiger charge is 2.27. The zero-order chi connectivity index (χ0) is 8.55. The van der Waals surface area contributed by atoms with E-state index in [9.17, 15) is 9.18 Å². The van der Waals surface area contributed by atoms with Crippen LogP contribution in [0.1, 0.15) is 5.56 Å². The maximum absolute atomic E-state index is 12.7. The van der Waals surface area contributed by atoms with Crippen LogP contribution in [0.15, 0.2) is 36.3 Å². The fourth-order valence-corrected chi connectivity index (χ4v) is 1.12. The molecule has 12 heavy (non-hydrogen) atoms. The number of rotatable bonds is 1. The van der Waals surface area contributed by atoms with Crippen molar-refractivity contribution < 1.29 is 9.18 Å². The van der Waals surface area contributed by atoms with E-state index >= 15 is 0 Å². The summed E-state index contributed by atoms with van der Waals surface area (Å²) in [5.41, 5.74) is 0.773. The number of amides is 1. The molecule has 1 N–H and O–H groups in total. The first-order chi connectivity index (χ1) is 5.79. The first kappa shape index (κ1) is 7.03. The van der Waals surface area contributed by atoms with Gasteiger partial charge in [0.1, 0.15) is 5.57 Å². The second-order valence-electron chi connectivity index (χ2n) is 2.51. The summed E-state index contributed by atoms with van der Waals surface area (Å²) < 4.78 is 12.7. The van der Waals surface area contributed by atoms with E-state index in [1.165, 1.54) is 0 Å². The summed E-state index contributed by atoms with van der Waals surface area (Å²) in [5, 5.41) is 2.03. The molecule has 0 spiro atoms. The number of carbonyl (C=O) groups excluding carboxylic acids is 1. The maximum atomic E-state index is 12.7. The summed E-state index contributed by atoms with van der Waals surface area (Å²) in [6, 6.07) is 8.75. The molecule has 0 bridgehead atoms. The normalized spacial score (nSPS) is 15.6. The van der Waals surface area contributed by atoms with E-state index in [0.717, 1.165) is 0 Å². The first-order valence-electron chi connectivity index (χ1n) is 3.55. The van der Waals surface area contributed by atoms with Gasteiger partial charge < -0.3 is 0 Å². The van der Waals surface area contributed by atoms with Gasteiger partial charge >= 0.3 is 0 Å². The predicted molar refractivity (Wildman–Crippen MR) is 42.6 cm³/mol. The van der Waals surface area contributed by atoms with Gasteiger partial charge in [-0.15, -0.1) is 0 Å². The van der Waals surface area contributed by atoms with Crippen LogP contribution < -0.4 is 5.32 Å². The van der Waals surface area contributed by atoms with E-state index in [4.69, 9.17) is 0 Å². The minimum absolute atomic E-state index is 0.149. The SMILES string of the molecule is O=C1NC(F)=C1c1ccccc1. The second kappa shape index (κ2) is 2.44. The third-order valence-corrected chi connectivity index (χ3v) is 1.73. The van der Waals surface area contributed by atoms with E-state index in [-0.39, 0.29) is 11.5 Å². The molecule has 0 radical (unpaired) electrons. The molecule has 0 atom stereocenters. The van der Waals surface area contributed by atoms with Gasteiger partial charge in [0.25, 0.3) is 5.91 Å². The van der Waals surface area contributed by atoms with Crippen molar-refractivity contribution >= 4 is 11.5 Å². The average molecular weight is 163 g/mol. The van der Waals surface area contributed by atoms with E-state index < -0.39 is 5.95 Å². The van der Waals surface area contributed by atoms with Crippen LogP contribution in [0.4, 0.5) is 4.39 Å². The zero-order valence-electron chi connectivity index (χ0n) is 6.17. The number of hydrogen-bond donors (Lipinski definition) is 1. The van der Waals surface area contributed by atoms with Crippen LogP contribution in [0.3, 0.4) is 0 Å². The number of benzene rings is 1. The van der Waals surface area contributed by atoms with Crippen LogP contribution in [0.2, 0.25) is 0 Å². The topological polar surface area (TPSA) is 29.1 Å². The van der Waals surface area contributed by atoms with Crippen molar-refractivity contribution in [1.82, 2.24) is 5.32 Å². The standard InChI is InChI=1S/C9H6FNO/c10-8-7(9(12)11-8)6-4-2-1-3-5-6/h1-5H,(H,11,12). The van der Waals surface area contributed by atoms with Crippen LogP contribution in [0, 0.1) is 0 Å². The summed E-state index contributed by atoms with van der Waals surface area (Å²) in [5.74, 6) is -0.884. The number of carbonyl (C=O) groups is 1. The van der Waals surface area contributed by atoms with Crippen molar-refractivity contribution in [2.45, 2.75) is 0 Å². The highest BCUT2D eigenvalue weighted by Crippen LogP contribution is 2.24. The molecule has 60 valence electrons. The highest BCUT2D eigenvalue weighted by molar-refractivity contribution is 6.26. The molecule has 1 aliphatic rings. The Bertz CT molecular complexity index is 356. The lowest BCUT2D eigenvalue weighted by Gasteiger charge is -2.17. The van der Waals surface area contributed by atoms with Crippen molar-refractivity contribution in [1.29, 1.82) is 0 Å². The van der Waals surface area contributed by atoms with Crippen molar-refractivity contribution in [2.75, 3.05) is 0 Å². The minimum atomic E-state index is -0.536. The Morgan fingerprint density at radius 2 is 1.83 bits per heavy atom. The second-order valence-corrected chi connectivity index (χ2v) is 2.51. The lowest BCUT2D eigenvalue weighted by Crippen LogP contribution is -2.33. The Morgan fingerprint density at radius 1 is 1.17 bits per heavy atom. The molecule has 0 fully saturated rings. The van der Waals surface area contributed by atoms with Crippen molar-refractivity contribution in [3.8, 4) is 0 Å². The van der Waals surface area contributed by atoms with Gasteiger partial charge in [0.05, 0.1) is 0 Å². The summed E-state index contributed by atoms with van der Waals surface area (Å²) >= 11 is 0. The fraction of sp³-hybridized carbons (Fsp3) is 0. The van der Waals surface area contributed by atoms with Crippen LogP contribution >= 0.6 is 0 Å². The summed E-state index contributed by atoms with van der Waals surface area (Å²) in [7, 11) is 0. The monoisotopic (exact) mass is 163 g/mol. The molecule has 1 aromatic rings. The van der Waals surface area contributed by atoms with E-state index in [1.807, 2.05) is 11.4 Å². The summed E-state index contributed by atoms with van der Waals surface area (Å²) in [6.07, 6.45) is 0. The average Bonchev–Trinajstić information content (AvgIpc) is 2.05. The quantitative estimate of drug-likeness (QED) is 0.624. The van der Waals surface area contributed by atoms with Crippen LogP contribution in [0.5, 0.6) is 0 Å². The van der Waals surface area contributed by atoms with E-state index in [2.05, 4.69) is 0 Å². The van der Waals surface area contributed by atoms with Gasteiger partial charge in [-0.25, -0.2) is 0 Å². The van der Waals surface area contributed by atoms with Crippen LogP contribution in [-0.2, 0) is 4.79 Å². The fourth-order valence-electron chi connectivity index (χ4n) is 1.12. The van der Waals surface area contributed by atoms with E-state index in [0.29, 0.717) is 5.56 Å². The van der Waals surface area contributed by atoms with Gasteiger partial charge in [-0.1, -0.05) is 30.3 Å². The van der Waals surface area contributed by atoms with Crippen LogP contribution in [0.25, 0.3) is 5.57 Å². The molecule has 0 saturated heterocycles. The van der Waals surface area contributed by atoms with Gasteiger partial charge in [-0.3, -0.25) is 10.1 Å². The molecule has 0 aromatic heterocycles. The van der Waals surface area contributed by atoms with Crippen molar-refractivity contribution in [2.24, 2.45) is 0 Å². The minimum Gasteiger partial charge on any atom is -0.297 e. The van der Waals surface area contributed by atoms with Crippen molar-refractivity contribution in [3.05, 3.63) is 41.8 Å². The maximum Gasteiger partial charge on any atom is 0.262 e. The van der Waals surface area contributed by atoms with Crippen molar-refractivity contribution in [3.63, 3.8) is 0 Å². The molecule has 0 unspecified atom stereocenters. The Hall–Kier alpha value is -1.64. The molecule has 2 rings (SSSR count). The first-order valence-corrected chi connectivity index (χ1v) is 3.55. The predicted octanol–water partition coefficient (Wildman–Crippen LogP) is 1.45. The summed E-state index contributed by atoms with van der Waals surface area (Å²) in [4.78, 5) is 10.8. The Morgan fingerprint density at radius 3 is 2.33 bits per heavy atom. The van der Waals surface area contributed by atoms with Gasteiger partial charge in [-0.05, 0) is 5.56 Å². The number of hydrogen-bond acceptors (Lipinski definition) is 1. The third-order valence-electron chi connectivity index (χ3n) is 1.73. The van der Waals surface area contributed by atoms with Gasteiger partial charge in [0.2, 0.25) is 5.95 Å². The van der Waals surface area contributed by atoms with E-state index in [1.54, 1.807) is 24.3 Å². The van der Waals surface area contributed by atoms with Crippen LogP contribution in [-0.4, -0.2) is 5.91 Å². The summed E-state index contributed by atoms with van der Waals surface area (Å²) in [6.45, 7) is 0. The lowest BCUT2D eigenvalue weighted by atomic mass is 10.0. The number of halogens is 1. The molecule has 0 aliphatic carbocycles. The Labute approximate surface area is 68.7 Å². The molecule has 1 aliphatic heterocycles. The molecule has 0 saturated carbocycles. The Balaban J connectivity index is 2.45. The smallest absolute Gasteiger partial charge is 0.262 e. The third kappa shape index (κ3) is 0.906. The molecule has 1 heterocycles. The molecule has 1 aromatic carbocycles. The number of nitrogens with one attached hydrogen (secondary N) is 1. The van der Waals surface area contributed by atoms with Gasteiger partial charge in [0.15, 0.2) is 0 Å².